The molecule has 0 aliphatic carbocycles. The standard InChI is InChI=1S/2C9H13NO2/c1-12-10-7-6-8-2-4-9(11)5-3-8;1-12-9-6-7(4-5-10)2-3-8(9)11/h2-5,10-11H,6-7H2,1H3;2-3,6,11H,4-5,10H2,1H3. The van der Waals surface area contributed by atoms with E-state index in [1.807, 2.05) is 18.2 Å². The summed E-state index contributed by atoms with van der Waals surface area (Å²) in [4.78, 5) is 4.69. The molecule has 0 bridgehead atoms. The van der Waals surface area contributed by atoms with Crippen molar-refractivity contribution < 1.29 is 19.8 Å². The Morgan fingerprint density at radius 3 is 2.21 bits per heavy atom. The number of rotatable bonds is 7. The quantitative estimate of drug-likeness (QED) is 0.457. The monoisotopic (exact) mass is 334 g/mol. The van der Waals surface area contributed by atoms with E-state index in [1.165, 1.54) is 12.7 Å². The van der Waals surface area contributed by atoms with Crippen molar-refractivity contribution in [2.45, 2.75) is 12.8 Å². The number of aromatic hydroxyl groups is 2. The first-order chi connectivity index (χ1) is 11.6. The van der Waals surface area contributed by atoms with Crippen LogP contribution in [0.5, 0.6) is 17.2 Å². The third kappa shape index (κ3) is 7.32. The average molecular weight is 334 g/mol. The molecule has 6 heteroatoms. The fraction of sp³-hybridized carbons (Fsp3) is 0.333. The molecule has 0 amide bonds. The zero-order chi connectivity index (χ0) is 17.8. The molecule has 5 N–H and O–H groups in total. The largest absolute Gasteiger partial charge is 0.508 e. The van der Waals surface area contributed by atoms with E-state index in [-0.39, 0.29) is 5.75 Å². The lowest BCUT2D eigenvalue weighted by atomic mass is 10.1. The molecule has 0 atom stereocenters. The van der Waals surface area contributed by atoms with Crippen molar-refractivity contribution in [3.05, 3.63) is 53.6 Å². The Kier molecular flexibility index (Phi) is 9.29. The predicted molar refractivity (Wildman–Crippen MR) is 94.2 cm³/mol. The number of hydrogen-bond acceptors (Lipinski definition) is 6. The minimum Gasteiger partial charge on any atom is -0.508 e. The summed E-state index contributed by atoms with van der Waals surface area (Å²) in [5, 5.41) is 18.2. The van der Waals surface area contributed by atoms with Crippen molar-refractivity contribution in [3.8, 4) is 17.2 Å². The summed E-state index contributed by atoms with van der Waals surface area (Å²) in [6, 6.07) is 12.4. The number of phenolic OH excluding ortho intramolecular Hbond substituents is 2. The van der Waals surface area contributed by atoms with Crippen LogP contribution in [-0.2, 0) is 17.7 Å². The van der Waals surface area contributed by atoms with Gasteiger partial charge in [0, 0.05) is 6.54 Å². The van der Waals surface area contributed by atoms with Gasteiger partial charge in [-0.3, -0.25) is 0 Å². The van der Waals surface area contributed by atoms with Crippen molar-refractivity contribution in [2.75, 3.05) is 27.3 Å². The van der Waals surface area contributed by atoms with Crippen LogP contribution in [0.4, 0.5) is 0 Å². The Balaban J connectivity index is 0.000000240. The molecule has 0 fully saturated rings. The molecular formula is C18H26N2O4. The van der Waals surface area contributed by atoms with Gasteiger partial charge in [0.25, 0.3) is 0 Å². The smallest absolute Gasteiger partial charge is 0.160 e. The Morgan fingerprint density at radius 2 is 1.62 bits per heavy atom. The third-order valence-electron chi connectivity index (χ3n) is 3.27. The van der Waals surface area contributed by atoms with Crippen molar-refractivity contribution >= 4 is 0 Å². The van der Waals surface area contributed by atoms with Gasteiger partial charge < -0.3 is 25.5 Å². The second-order valence-electron chi connectivity index (χ2n) is 5.06. The zero-order valence-electron chi connectivity index (χ0n) is 14.2. The molecular weight excluding hydrogens is 308 g/mol. The van der Waals surface area contributed by atoms with E-state index in [9.17, 15) is 5.11 Å². The fourth-order valence-electron chi connectivity index (χ4n) is 2.00. The third-order valence-corrected chi connectivity index (χ3v) is 3.27. The zero-order valence-corrected chi connectivity index (χ0v) is 14.2. The van der Waals surface area contributed by atoms with Crippen molar-refractivity contribution in [1.29, 1.82) is 0 Å². The normalized spacial score (nSPS) is 9.96. The molecule has 0 unspecified atom stereocenters. The summed E-state index contributed by atoms with van der Waals surface area (Å²) in [6.07, 6.45) is 1.70. The van der Waals surface area contributed by atoms with E-state index in [4.69, 9.17) is 15.6 Å². The molecule has 2 rings (SSSR count). The van der Waals surface area contributed by atoms with Gasteiger partial charge in [-0.2, -0.15) is 0 Å². The lowest BCUT2D eigenvalue weighted by Crippen LogP contribution is -2.14. The predicted octanol–water partition coefficient (Wildman–Crippen LogP) is 1.99. The van der Waals surface area contributed by atoms with Crippen LogP contribution in [0.2, 0.25) is 0 Å². The highest BCUT2D eigenvalue weighted by Gasteiger charge is 2.01. The van der Waals surface area contributed by atoms with Crippen molar-refractivity contribution in [1.82, 2.24) is 5.48 Å². The maximum Gasteiger partial charge on any atom is 0.160 e. The van der Waals surface area contributed by atoms with Gasteiger partial charge in [-0.1, -0.05) is 18.2 Å². The number of methoxy groups -OCH3 is 1. The van der Waals surface area contributed by atoms with Gasteiger partial charge in [-0.15, -0.1) is 0 Å². The van der Waals surface area contributed by atoms with E-state index in [1.54, 1.807) is 31.4 Å². The minimum absolute atomic E-state index is 0.165. The van der Waals surface area contributed by atoms with E-state index in [2.05, 4.69) is 10.3 Å². The molecule has 0 aliphatic heterocycles. The van der Waals surface area contributed by atoms with E-state index in [0.717, 1.165) is 24.9 Å². The van der Waals surface area contributed by atoms with Crippen molar-refractivity contribution in [3.63, 3.8) is 0 Å². The van der Waals surface area contributed by atoms with Gasteiger partial charge in [-0.25, -0.2) is 5.48 Å². The summed E-state index contributed by atoms with van der Waals surface area (Å²) in [5.74, 6) is 0.970. The van der Waals surface area contributed by atoms with Gasteiger partial charge in [0.05, 0.1) is 14.2 Å². The molecule has 0 aromatic heterocycles. The molecule has 0 radical (unpaired) electrons. The SMILES string of the molecule is CONCCc1ccc(O)cc1.COc1cc(CCN)ccc1O. The molecule has 24 heavy (non-hydrogen) atoms. The topological polar surface area (TPSA) is 97.0 Å². The summed E-state index contributed by atoms with van der Waals surface area (Å²) in [7, 11) is 3.12. The van der Waals surface area contributed by atoms with E-state index < -0.39 is 0 Å². The Labute approximate surface area is 142 Å². The minimum atomic E-state index is 0.165. The second kappa shape index (κ2) is 11.3. The first-order valence-corrected chi connectivity index (χ1v) is 7.70. The van der Waals surface area contributed by atoms with Crippen LogP contribution in [0.1, 0.15) is 11.1 Å². The maximum atomic E-state index is 9.25. The molecule has 0 heterocycles. The summed E-state index contributed by atoms with van der Waals surface area (Å²) < 4.78 is 4.94. The van der Waals surface area contributed by atoms with Crippen LogP contribution >= 0.6 is 0 Å². The average Bonchev–Trinajstić information content (AvgIpc) is 2.59. The highest BCUT2D eigenvalue weighted by Crippen LogP contribution is 2.26. The van der Waals surface area contributed by atoms with Gasteiger partial charge in [0.1, 0.15) is 5.75 Å². The summed E-state index contributed by atoms with van der Waals surface area (Å²) >= 11 is 0. The summed E-state index contributed by atoms with van der Waals surface area (Å²) in [6.45, 7) is 1.38. The lowest BCUT2D eigenvalue weighted by Gasteiger charge is -2.05. The van der Waals surface area contributed by atoms with Crippen molar-refractivity contribution in [2.24, 2.45) is 5.73 Å². The fourth-order valence-corrected chi connectivity index (χ4v) is 2.00. The molecule has 0 saturated carbocycles. The number of phenols is 2. The molecule has 0 spiro atoms. The van der Waals surface area contributed by atoms with E-state index >= 15 is 0 Å². The lowest BCUT2D eigenvalue weighted by molar-refractivity contribution is 0.0928. The number of hydroxylamine groups is 1. The van der Waals surface area contributed by atoms with Crippen LogP contribution < -0.4 is 16.0 Å². The first-order valence-electron chi connectivity index (χ1n) is 7.70. The number of ether oxygens (including phenoxy) is 1. The van der Waals surface area contributed by atoms with Gasteiger partial charge in [-0.05, 0) is 54.8 Å². The number of nitrogens with two attached hydrogens (primary N) is 1. The maximum absolute atomic E-state index is 9.25. The van der Waals surface area contributed by atoms with Gasteiger partial charge in [0.15, 0.2) is 11.5 Å². The molecule has 0 aliphatic rings. The molecule has 2 aromatic rings. The first kappa shape index (κ1) is 19.8. The van der Waals surface area contributed by atoms with Crippen LogP contribution in [-0.4, -0.2) is 37.5 Å². The van der Waals surface area contributed by atoms with E-state index in [0.29, 0.717) is 18.0 Å². The highest BCUT2D eigenvalue weighted by molar-refractivity contribution is 5.41. The van der Waals surface area contributed by atoms with Crippen LogP contribution in [0.3, 0.4) is 0 Å². The van der Waals surface area contributed by atoms with Crippen LogP contribution in [0.15, 0.2) is 42.5 Å². The van der Waals surface area contributed by atoms with Gasteiger partial charge >= 0.3 is 0 Å². The Morgan fingerprint density at radius 1 is 0.958 bits per heavy atom. The van der Waals surface area contributed by atoms with Crippen LogP contribution in [0, 0.1) is 0 Å². The highest BCUT2D eigenvalue weighted by atomic mass is 16.6. The summed E-state index contributed by atoms with van der Waals surface area (Å²) in [5.41, 5.74) is 10.4. The molecule has 0 saturated heterocycles. The number of benzene rings is 2. The molecule has 132 valence electrons. The van der Waals surface area contributed by atoms with Crippen LogP contribution in [0.25, 0.3) is 0 Å². The molecule has 6 nitrogen and oxygen atoms in total. The molecule has 2 aromatic carbocycles. The number of hydrogen-bond donors (Lipinski definition) is 4. The van der Waals surface area contributed by atoms with Gasteiger partial charge in [0.2, 0.25) is 0 Å². The number of nitrogens with one attached hydrogen (secondary N) is 1. The Hall–Kier alpha value is -2.28. The Bertz CT molecular complexity index is 588. The second-order valence-corrected chi connectivity index (χ2v) is 5.06.